The summed E-state index contributed by atoms with van der Waals surface area (Å²) in [5.41, 5.74) is 0.242. The molecule has 5 heteroatoms. The van der Waals surface area contributed by atoms with Gasteiger partial charge in [0.15, 0.2) is 0 Å². The van der Waals surface area contributed by atoms with Crippen LogP contribution in [0.25, 0.3) is 0 Å². The number of rotatable bonds is 4. The lowest BCUT2D eigenvalue weighted by atomic mass is 9.98. The van der Waals surface area contributed by atoms with E-state index in [1.54, 1.807) is 13.0 Å². The smallest absolute Gasteiger partial charge is 0.339 e. The summed E-state index contributed by atoms with van der Waals surface area (Å²) in [7, 11) is 0. The Hall–Kier alpha value is -1.33. The van der Waals surface area contributed by atoms with Gasteiger partial charge in [0.25, 0.3) is 0 Å². The van der Waals surface area contributed by atoms with E-state index >= 15 is 0 Å². The standard InChI is InChI=1S/C13H19NO4/c1-8-7-17-4-3-12(8)14-6-10-5-11(13(15)16)9(2)18-10/h5,8,12,14H,3-4,6-7H2,1-2H3,(H,15,16). The SMILES string of the molecule is Cc1oc(CNC2CCOCC2C)cc1C(=O)O. The van der Waals surface area contributed by atoms with Crippen LogP contribution in [0.15, 0.2) is 10.5 Å². The Kier molecular flexibility index (Phi) is 4.04. The molecule has 1 saturated heterocycles. The van der Waals surface area contributed by atoms with Crippen LogP contribution in [0, 0.1) is 12.8 Å². The largest absolute Gasteiger partial charge is 0.478 e. The Labute approximate surface area is 106 Å². The van der Waals surface area contributed by atoms with Crippen molar-refractivity contribution in [3.8, 4) is 0 Å². The summed E-state index contributed by atoms with van der Waals surface area (Å²) in [6.07, 6.45) is 0.979. The van der Waals surface area contributed by atoms with E-state index in [0.717, 1.165) is 19.6 Å². The van der Waals surface area contributed by atoms with E-state index in [1.165, 1.54) is 0 Å². The minimum absolute atomic E-state index is 0.242. The molecule has 100 valence electrons. The summed E-state index contributed by atoms with van der Waals surface area (Å²) in [6.45, 7) is 5.93. The maximum Gasteiger partial charge on any atom is 0.339 e. The van der Waals surface area contributed by atoms with E-state index in [1.807, 2.05) is 0 Å². The molecule has 1 aliphatic heterocycles. The Morgan fingerprint density at radius 1 is 1.61 bits per heavy atom. The monoisotopic (exact) mass is 253 g/mol. The molecule has 0 aromatic carbocycles. The van der Waals surface area contributed by atoms with Crippen LogP contribution in [0.2, 0.25) is 0 Å². The van der Waals surface area contributed by atoms with Gasteiger partial charge in [-0.25, -0.2) is 4.79 Å². The molecule has 2 heterocycles. The molecule has 0 spiro atoms. The fraction of sp³-hybridized carbons (Fsp3) is 0.615. The van der Waals surface area contributed by atoms with Crippen molar-refractivity contribution in [2.45, 2.75) is 32.9 Å². The fourth-order valence-corrected chi connectivity index (χ4v) is 2.26. The zero-order chi connectivity index (χ0) is 13.1. The first kappa shape index (κ1) is 13.1. The Balaban J connectivity index is 1.93. The second-order valence-corrected chi connectivity index (χ2v) is 4.82. The summed E-state index contributed by atoms with van der Waals surface area (Å²) >= 11 is 0. The number of hydrogen-bond donors (Lipinski definition) is 2. The van der Waals surface area contributed by atoms with Gasteiger partial charge in [-0.05, 0) is 25.3 Å². The van der Waals surface area contributed by atoms with Gasteiger partial charge in [0.2, 0.25) is 0 Å². The Morgan fingerprint density at radius 2 is 2.39 bits per heavy atom. The van der Waals surface area contributed by atoms with Crippen molar-refractivity contribution >= 4 is 5.97 Å². The molecule has 0 amide bonds. The van der Waals surface area contributed by atoms with Gasteiger partial charge in [0.05, 0.1) is 13.2 Å². The summed E-state index contributed by atoms with van der Waals surface area (Å²) < 4.78 is 10.8. The number of aryl methyl sites for hydroxylation is 1. The molecule has 2 rings (SSSR count). The lowest BCUT2D eigenvalue weighted by molar-refractivity contribution is 0.0381. The molecule has 2 N–H and O–H groups in total. The number of nitrogens with one attached hydrogen (secondary N) is 1. The predicted octanol–water partition coefficient (Wildman–Crippen LogP) is 1.80. The molecule has 0 bridgehead atoms. The van der Waals surface area contributed by atoms with Gasteiger partial charge in [0.1, 0.15) is 17.1 Å². The normalized spacial score (nSPS) is 24.1. The van der Waals surface area contributed by atoms with E-state index < -0.39 is 5.97 Å². The third-order valence-corrected chi connectivity index (χ3v) is 3.38. The molecule has 0 saturated carbocycles. The highest BCUT2D eigenvalue weighted by Gasteiger charge is 2.22. The molecule has 18 heavy (non-hydrogen) atoms. The molecular formula is C13H19NO4. The van der Waals surface area contributed by atoms with Crippen LogP contribution in [-0.4, -0.2) is 30.3 Å². The van der Waals surface area contributed by atoms with Crippen LogP contribution < -0.4 is 5.32 Å². The van der Waals surface area contributed by atoms with Crippen LogP contribution in [0.5, 0.6) is 0 Å². The summed E-state index contributed by atoms with van der Waals surface area (Å²) in [6, 6.07) is 1.99. The zero-order valence-corrected chi connectivity index (χ0v) is 10.7. The van der Waals surface area contributed by atoms with E-state index in [-0.39, 0.29) is 5.56 Å². The van der Waals surface area contributed by atoms with Crippen LogP contribution in [0.1, 0.15) is 35.2 Å². The topological polar surface area (TPSA) is 71.7 Å². The molecule has 5 nitrogen and oxygen atoms in total. The molecular weight excluding hydrogens is 234 g/mol. The third-order valence-electron chi connectivity index (χ3n) is 3.38. The molecule has 2 unspecified atom stereocenters. The number of carboxylic acid groups (broad SMARTS) is 1. The maximum atomic E-state index is 10.9. The predicted molar refractivity (Wildman–Crippen MR) is 65.6 cm³/mol. The fourth-order valence-electron chi connectivity index (χ4n) is 2.26. The summed E-state index contributed by atoms with van der Waals surface area (Å²) in [4.78, 5) is 10.9. The third kappa shape index (κ3) is 2.91. The van der Waals surface area contributed by atoms with Gasteiger partial charge in [-0.15, -0.1) is 0 Å². The quantitative estimate of drug-likeness (QED) is 0.856. The molecule has 0 aliphatic carbocycles. The number of ether oxygens (including phenoxy) is 1. The molecule has 1 aliphatic rings. The average Bonchev–Trinajstić information content (AvgIpc) is 2.70. The molecule has 2 atom stereocenters. The Morgan fingerprint density at radius 3 is 3.00 bits per heavy atom. The van der Waals surface area contributed by atoms with Crippen molar-refractivity contribution in [3.63, 3.8) is 0 Å². The lowest BCUT2D eigenvalue weighted by Crippen LogP contribution is -2.40. The number of carbonyl (C=O) groups is 1. The first-order valence-electron chi connectivity index (χ1n) is 6.21. The average molecular weight is 253 g/mol. The van der Waals surface area contributed by atoms with E-state index in [9.17, 15) is 4.79 Å². The lowest BCUT2D eigenvalue weighted by Gasteiger charge is -2.29. The second-order valence-electron chi connectivity index (χ2n) is 4.82. The maximum absolute atomic E-state index is 10.9. The Bertz CT molecular complexity index is 427. The summed E-state index contributed by atoms with van der Waals surface area (Å²) in [5, 5.41) is 12.3. The van der Waals surface area contributed by atoms with Crippen molar-refractivity contribution in [2.75, 3.05) is 13.2 Å². The highest BCUT2D eigenvalue weighted by atomic mass is 16.5. The van der Waals surface area contributed by atoms with Gasteiger partial charge in [0, 0.05) is 12.6 Å². The van der Waals surface area contributed by atoms with Crippen LogP contribution >= 0.6 is 0 Å². The number of carboxylic acids is 1. The second kappa shape index (κ2) is 5.54. The van der Waals surface area contributed by atoms with Gasteiger partial charge < -0.3 is 19.6 Å². The molecule has 1 aromatic rings. The zero-order valence-electron chi connectivity index (χ0n) is 10.7. The first-order chi connectivity index (χ1) is 8.58. The van der Waals surface area contributed by atoms with Crippen molar-refractivity contribution in [3.05, 3.63) is 23.2 Å². The van der Waals surface area contributed by atoms with Crippen LogP contribution in [0.4, 0.5) is 0 Å². The minimum atomic E-state index is -0.943. The minimum Gasteiger partial charge on any atom is -0.478 e. The van der Waals surface area contributed by atoms with Gasteiger partial charge in [-0.3, -0.25) is 0 Å². The van der Waals surface area contributed by atoms with Gasteiger partial charge in [-0.1, -0.05) is 6.92 Å². The number of hydrogen-bond acceptors (Lipinski definition) is 4. The molecule has 1 fully saturated rings. The van der Waals surface area contributed by atoms with Crippen molar-refractivity contribution in [2.24, 2.45) is 5.92 Å². The highest BCUT2D eigenvalue weighted by molar-refractivity contribution is 5.88. The highest BCUT2D eigenvalue weighted by Crippen LogP contribution is 2.17. The van der Waals surface area contributed by atoms with E-state index in [2.05, 4.69) is 12.2 Å². The van der Waals surface area contributed by atoms with Crippen LogP contribution in [-0.2, 0) is 11.3 Å². The summed E-state index contributed by atoms with van der Waals surface area (Å²) in [5.74, 6) is 0.651. The molecule has 1 aromatic heterocycles. The number of furan rings is 1. The van der Waals surface area contributed by atoms with Crippen molar-refractivity contribution < 1.29 is 19.1 Å². The van der Waals surface area contributed by atoms with Crippen molar-refractivity contribution in [1.82, 2.24) is 5.32 Å². The van der Waals surface area contributed by atoms with Crippen LogP contribution in [0.3, 0.4) is 0 Å². The van der Waals surface area contributed by atoms with Gasteiger partial charge in [-0.2, -0.15) is 0 Å². The van der Waals surface area contributed by atoms with Gasteiger partial charge >= 0.3 is 5.97 Å². The van der Waals surface area contributed by atoms with E-state index in [0.29, 0.717) is 30.0 Å². The van der Waals surface area contributed by atoms with E-state index in [4.69, 9.17) is 14.3 Å². The first-order valence-corrected chi connectivity index (χ1v) is 6.21. The van der Waals surface area contributed by atoms with Crippen molar-refractivity contribution in [1.29, 1.82) is 0 Å². The molecule has 0 radical (unpaired) electrons. The number of aromatic carboxylic acids is 1.